The fraction of sp³-hybridized carbons (Fsp3) is 0.368. The van der Waals surface area contributed by atoms with E-state index in [4.69, 9.17) is 10.5 Å². The van der Waals surface area contributed by atoms with E-state index in [0.29, 0.717) is 18.9 Å². The van der Waals surface area contributed by atoms with Crippen molar-refractivity contribution in [3.05, 3.63) is 54.2 Å². The Kier molecular flexibility index (Phi) is 9.52. The van der Waals surface area contributed by atoms with Gasteiger partial charge in [-0.2, -0.15) is 0 Å². The molecule has 148 valence electrons. The molecule has 2 heterocycles. The van der Waals surface area contributed by atoms with Crippen molar-refractivity contribution < 1.29 is 9.53 Å². The Morgan fingerprint density at radius 3 is 2.48 bits per heavy atom. The molecule has 1 amide bonds. The zero-order valence-electron chi connectivity index (χ0n) is 15.2. The number of nitrogens with two attached hydrogens (primary N) is 1. The molecule has 6 nitrogen and oxygen atoms in total. The molecule has 3 rings (SSSR count). The van der Waals surface area contributed by atoms with Crippen molar-refractivity contribution in [1.29, 1.82) is 0 Å². The summed E-state index contributed by atoms with van der Waals surface area (Å²) in [6, 6.07) is 13.0. The Balaban J connectivity index is 0.00000182. The zero-order valence-corrected chi connectivity index (χ0v) is 16.8. The second-order valence-electron chi connectivity index (χ2n) is 6.19. The standard InChI is InChI=1S/C19H24N4O2.2ClH/c1-14(17(20)15-6-3-2-4-7-15)19(24)22-16-8-5-9-21-18(16)23-10-12-25-13-11-23;;/h2-9,14,17H,10-13,20H2,1H3,(H,22,24);2*1H. The number of pyridine rings is 1. The summed E-state index contributed by atoms with van der Waals surface area (Å²) in [4.78, 5) is 19.3. The lowest BCUT2D eigenvalue weighted by atomic mass is 9.94. The van der Waals surface area contributed by atoms with Crippen LogP contribution in [0.25, 0.3) is 0 Å². The number of ether oxygens (including phenoxy) is 1. The second kappa shape index (κ2) is 11.1. The Bertz CT molecular complexity index is 712. The molecule has 2 atom stereocenters. The van der Waals surface area contributed by atoms with Gasteiger partial charge in [-0.05, 0) is 17.7 Å². The minimum atomic E-state index is -0.361. The number of aromatic nitrogens is 1. The number of rotatable bonds is 5. The number of benzene rings is 1. The molecule has 2 aromatic rings. The van der Waals surface area contributed by atoms with Crippen LogP contribution in [0.1, 0.15) is 18.5 Å². The summed E-state index contributed by atoms with van der Waals surface area (Å²) in [6.07, 6.45) is 1.74. The van der Waals surface area contributed by atoms with Gasteiger partial charge in [-0.3, -0.25) is 4.79 Å². The van der Waals surface area contributed by atoms with Crippen LogP contribution in [0.4, 0.5) is 11.5 Å². The van der Waals surface area contributed by atoms with Crippen molar-refractivity contribution in [3.63, 3.8) is 0 Å². The molecule has 27 heavy (non-hydrogen) atoms. The Morgan fingerprint density at radius 1 is 1.15 bits per heavy atom. The van der Waals surface area contributed by atoms with Gasteiger partial charge in [0, 0.05) is 25.3 Å². The summed E-state index contributed by atoms with van der Waals surface area (Å²) in [7, 11) is 0. The van der Waals surface area contributed by atoms with E-state index in [1.165, 1.54) is 0 Å². The van der Waals surface area contributed by atoms with E-state index in [1.54, 1.807) is 6.20 Å². The first-order valence-electron chi connectivity index (χ1n) is 8.56. The third kappa shape index (κ3) is 5.81. The molecule has 1 aromatic heterocycles. The first kappa shape index (κ1) is 23.2. The highest BCUT2D eigenvalue weighted by Gasteiger charge is 2.24. The van der Waals surface area contributed by atoms with Crippen LogP contribution in [-0.4, -0.2) is 37.2 Å². The number of anilines is 2. The Hall–Kier alpha value is -1.86. The molecule has 0 radical (unpaired) electrons. The Labute approximate surface area is 172 Å². The SMILES string of the molecule is CC(C(=O)Nc1cccnc1N1CCOCC1)C(N)c1ccccc1.Cl.Cl. The van der Waals surface area contributed by atoms with Gasteiger partial charge in [-0.15, -0.1) is 24.8 Å². The van der Waals surface area contributed by atoms with E-state index in [0.717, 1.165) is 24.5 Å². The minimum absolute atomic E-state index is 0. The molecule has 3 N–H and O–H groups in total. The van der Waals surface area contributed by atoms with E-state index in [1.807, 2.05) is 49.4 Å². The summed E-state index contributed by atoms with van der Waals surface area (Å²) in [6.45, 7) is 4.70. The maximum atomic E-state index is 12.7. The van der Waals surface area contributed by atoms with Crippen LogP contribution in [0.5, 0.6) is 0 Å². The number of nitrogens with one attached hydrogen (secondary N) is 1. The predicted octanol–water partition coefficient (Wildman–Crippen LogP) is 3.04. The van der Waals surface area contributed by atoms with Gasteiger partial charge in [-0.1, -0.05) is 37.3 Å². The highest BCUT2D eigenvalue weighted by molar-refractivity contribution is 5.95. The highest BCUT2D eigenvalue weighted by atomic mass is 35.5. The smallest absolute Gasteiger partial charge is 0.229 e. The quantitative estimate of drug-likeness (QED) is 0.788. The maximum absolute atomic E-state index is 12.7. The van der Waals surface area contributed by atoms with E-state index in [-0.39, 0.29) is 42.7 Å². The van der Waals surface area contributed by atoms with E-state index in [2.05, 4.69) is 15.2 Å². The van der Waals surface area contributed by atoms with Crippen molar-refractivity contribution in [2.75, 3.05) is 36.5 Å². The summed E-state index contributed by atoms with van der Waals surface area (Å²) in [5.41, 5.74) is 7.93. The number of morpholine rings is 1. The lowest BCUT2D eigenvalue weighted by molar-refractivity contribution is -0.120. The molecular weight excluding hydrogens is 387 g/mol. The van der Waals surface area contributed by atoms with Crippen LogP contribution in [-0.2, 0) is 9.53 Å². The van der Waals surface area contributed by atoms with Crippen LogP contribution >= 0.6 is 24.8 Å². The van der Waals surface area contributed by atoms with Gasteiger partial charge < -0.3 is 20.7 Å². The van der Waals surface area contributed by atoms with Gasteiger partial charge in [0.1, 0.15) is 0 Å². The van der Waals surface area contributed by atoms with Crippen molar-refractivity contribution >= 4 is 42.2 Å². The molecule has 1 fully saturated rings. The average Bonchev–Trinajstić information content (AvgIpc) is 2.68. The number of hydrogen-bond donors (Lipinski definition) is 2. The molecule has 1 aliphatic rings. The van der Waals surface area contributed by atoms with Gasteiger partial charge >= 0.3 is 0 Å². The molecule has 2 unspecified atom stereocenters. The minimum Gasteiger partial charge on any atom is -0.378 e. The van der Waals surface area contributed by atoms with Crippen molar-refractivity contribution in [1.82, 2.24) is 4.98 Å². The van der Waals surface area contributed by atoms with Crippen molar-refractivity contribution in [2.24, 2.45) is 11.7 Å². The van der Waals surface area contributed by atoms with Crippen LogP contribution in [0.3, 0.4) is 0 Å². The second-order valence-corrected chi connectivity index (χ2v) is 6.19. The number of amides is 1. The third-order valence-corrected chi connectivity index (χ3v) is 4.49. The van der Waals surface area contributed by atoms with Gasteiger partial charge in [0.25, 0.3) is 0 Å². The monoisotopic (exact) mass is 412 g/mol. The normalized spacial score (nSPS) is 15.7. The molecule has 0 spiro atoms. The van der Waals surface area contributed by atoms with E-state index in [9.17, 15) is 4.79 Å². The molecule has 1 saturated heterocycles. The lowest BCUT2D eigenvalue weighted by Gasteiger charge is -2.29. The van der Waals surface area contributed by atoms with Crippen molar-refractivity contribution in [3.8, 4) is 0 Å². The topological polar surface area (TPSA) is 80.5 Å². The fourth-order valence-corrected chi connectivity index (χ4v) is 2.90. The number of carbonyl (C=O) groups excluding carboxylic acids is 1. The summed E-state index contributed by atoms with van der Waals surface area (Å²) >= 11 is 0. The van der Waals surface area contributed by atoms with Gasteiger partial charge in [0.05, 0.1) is 24.8 Å². The molecular formula is C19H26Cl2N4O2. The molecule has 0 aliphatic carbocycles. The van der Waals surface area contributed by atoms with E-state index < -0.39 is 0 Å². The van der Waals surface area contributed by atoms with Crippen LogP contribution in [0.2, 0.25) is 0 Å². The fourth-order valence-electron chi connectivity index (χ4n) is 2.90. The maximum Gasteiger partial charge on any atom is 0.229 e. The number of nitrogens with zero attached hydrogens (tertiary/aromatic N) is 2. The number of hydrogen-bond acceptors (Lipinski definition) is 5. The molecule has 0 saturated carbocycles. The molecule has 1 aliphatic heterocycles. The first-order chi connectivity index (χ1) is 12.2. The van der Waals surface area contributed by atoms with Crippen LogP contribution in [0, 0.1) is 5.92 Å². The molecule has 0 bridgehead atoms. The number of carbonyl (C=O) groups is 1. The van der Waals surface area contributed by atoms with Crippen LogP contribution in [0.15, 0.2) is 48.7 Å². The summed E-state index contributed by atoms with van der Waals surface area (Å²) in [5, 5.41) is 2.99. The summed E-state index contributed by atoms with van der Waals surface area (Å²) in [5.74, 6) is 0.304. The average molecular weight is 413 g/mol. The highest BCUT2D eigenvalue weighted by Crippen LogP contribution is 2.26. The molecule has 1 aromatic carbocycles. The molecule has 8 heteroatoms. The van der Waals surface area contributed by atoms with Crippen molar-refractivity contribution in [2.45, 2.75) is 13.0 Å². The van der Waals surface area contributed by atoms with Gasteiger partial charge in [-0.25, -0.2) is 4.98 Å². The Morgan fingerprint density at radius 2 is 1.81 bits per heavy atom. The first-order valence-corrected chi connectivity index (χ1v) is 8.56. The third-order valence-electron chi connectivity index (χ3n) is 4.49. The lowest BCUT2D eigenvalue weighted by Crippen LogP contribution is -2.38. The largest absolute Gasteiger partial charge is 0.378 e. The van der Waals surface area contributed by atoms with Crippen LogP contribution < -0.4 is 16.0 Å². The van der Waals surface area contributed by atoms with E-state index >= 15 is 0 Å². The van der Waals surface area contributed by atoms with Gasteiger partial charge in [0.2, 0.25) is 5.91 Å². The zero-order chi connectivity index (χ0) is 17.6. The number of halogens is 2. The summed E-state index contributed by atoms with van der Waals surface area (Å²) < 4.78 is 5.39. The predicted molar refractivity (Wildman–Crippen MR) is 113 cm³/mol. The van der Waals surface area contributed by atoms with Gasteiger partial charge in [0.15, 0.2) is 5.82 Å².